The lowest BCUT2D eigenvalue weighted by Crippen LogP contribution is -2.39. The van der Waals surface area contributed by atoms with Crippen molar-refractivity contribution in [3.05, 3.63) is 41.6 Å². The lowest BCUT2D eigenvalue weighted by Gasteiger charge is -2.34. The van der Waals surface area contributed by atoms with Crippen molar-refractivity contribution in [3.63, 3.8) is 0 Å². The van der Waals surface area contributed by atoms with Crippen LogP contribution in [0.4, 0.5) is 31.7 Å². The summed E-state index contributed by atoms with van der Waals surface area (Å²) in [5.74, 6) is -0.597. The molecule has 7 nitrogen and oxygen atoms in total. The van der Waals surface area contributed by atoms with Crippen molar-refractivity contribution in [3.8, 4) is 0 Å². The van der Waals surface area contributed by atoms with Gasteiger partial charge in [0, 0.05) is 24.1 Å². The lowest BCUT2D eigenvalue weighted by molar-refractivity contribution is -0.124. The number of rotatable bonds is 4. The van der Waals surface area contributed by atoms with Crippen LogP contribution in [-0.4, -0.2) is 48.4 Å². The average Bonchev–Trinajstić information content (AvgIpc) is 3.44. The van der Waals surface area contributed by atoms with Gasteiger partial charge in [0.1, 0.15) is 17.5 Å². The second-order valence-electron chi connectivity index (χ2n) is 10.7. The first kappa shape index (κ1) is 23.6. The van der Waals surface area contributed by atoms with E-state index in [2.05, 4.69) is 15.2 Å². The number of pyridine rings is 1. The van der Waals surface area contributed by atoms with Crippen LogP contribution in [-0.2, 0) is 20.8 Å². The second-order valence-corrected chi connectivity index (χ2v) is 10.7. The summed E-state index contributed by atoms with van der Waals surface area (Å²) in [5, 5.41) is 3.16. The summed E-state index contributed by atoms with van der Waals surface area (Å²) < 4.78 is 41.2. The molecule has 1 aliphatic carbocycles. The third-order valence-electron chi connectivity index (χ3n) is 7.83. The predicted octanol–water partition coefficient (Wildman–Crippen LogP) is 4.91. The summed E-state index contributed by atoms with van der Waals surface area (Å²) in [7, 11) is 0. The number of fused-ring (bicyclic) bond motifs is 4. The highest BCUT2D eigenvalue weighted by Gasteiger charge is 2.41. The van der Waals surface area contributed by atoms with Crippen molar-refractivity contribution in [1.82, 2.24) is 4.98 Å². The minimum atomic E-state index is -0.472. The van der Waals surface area contributed by atoms with E-state index in [1.807, 2.05) is 13.8 Å². The Labute approximate surface area is 209 Å². The molecule has 2 saturated heterocycles. The Hall–Kier alpha value is -2.78. The highest BCUT2D eigenvalue weighted by molar-refractivity contribution is 6.00. The van der Waals surface area contributed by atoms with Gasteiger partial charge in [-0.1, -0.05) is 0 Å². The lowest BCUT2D eigenvalue weighted by atomic mass is 9.86. The van der Waals surface area contributed by atoms with Gasteiger partial charge in [0.15, 0.2) is 0 Å². The molecule has 3 fully saturated rings. The maximum absolute atomic E-state index is 15.4. The van der Waals surface area contributed by atoms with Crippen LogP contribution in [0, 0.1) is 17.6 Å². The zero-order valence-corrected chi connectivity index (χ0v) is 20.7. The minimum Gasteiger partial charge on any atom is -0.376 e. The summed E-state index contributed by atoms with van der Waals surface area (Å²) in [6.07, 6.45) is 5.55. The molecule has 2 bridgehead atoms. The largest absolute Gasteiger partial charge is 0.376 e. The zero-order chi connectivity index (χ0) is 25.0. The summed E-state index contributed by atoms with van der Waals surface area (Å²) in [6.45, 7) is 5.44. The number of aromatic nitrogens is 1. The van der Waals surface area contributed by atoms with Crippen LogP contribution in [0.5, 0.6) is 0 Å². The molecule has 1 aromatic carbocycles. The molecule has 1 saturated carbocycles. The van der Waals surface area contributed by atoms with Crippen LogP contribution in [0.1, 0.15) is 51.5 Å². The van der Waals surface area contributed by atoms with Crippen molar-refractivity contribution in [2.45, 2.75) is 76.9 Å². The maximum Gasteiger partial charge on any atom is 0.230 e. The van der Waals surface area contributed by atoms with Crippen LogP contribution in [0.15, 0.2) is 24.4 Å². The third kappa shape index (κ3) is 4.32. The molecule has 0 radical (unpaired) electrons. The van der Waals surface area contributed by atoms with E-state index >= 15 is 4.39 Å². The number of amides is 1. The molecule has 0 unspecified atom stereocenters. The fraction of sp³-hybridized carbons (Fsp3) is 0.556. The number of hydrogen-bond acceptors (Lipinski definition) is 6. The third-order valence-corrected chi connectivity index (χ3v) is 7.83. The number of morpholine rings is 1. The summed E-state index contributed by atoms with van der Waals surface area (Å²) in [6, 6.07) is 4.73. The van der Waals surface area contributed by atoms with E-state index in [0.29, 0.717) is 41.6 Å². The maximum atomic E-state index is 15.4. The Bertz CT molecular complexity index is 1170. The number of nitrogens with one attached hydrogen (secondary N) is 1. The van der Waals surface area contributed by atoms with Gasteiger partial charge in [-0.2, -0.15) is 0 Å². The Balaban J connectivity index is 1.34. The fourth-order valence-corrected chi connectivity index (χ4v) is 6.13. The van der Waals surface area contributed by atoms with Crippen molar-refractivity contribution in [2.75, 3.05) is 28.3 Å². The Morgan fingerprint density at radius 3 is 2.67 bits per heavy atom. The van der Waals surface area contributed by atoms with Gasteiger partial charge in [-0.05, 0) is 58.1 Å². The molecule has 36 heavy (non-hydrogen) atoms. The van der Waals surface area contributed by atoms with Gasteiger partial charge in [0.05, 0.1) is 60.8 Å². The minimum absolute atomic E-state index is 0.0259. The Kier molecular flexibility index (Phi) is 6.08. The van der Waals surface area contributed by atoms with E-state index in [-0.39, 0.29) is 48.5 Å². The van der Waals surface area contributed by atoms with E-state index in [0.717, 1.165) is 38.3 Å². The standard InChI is InChI=1S/C27H32F2N4O3/c1-15(2)36-20-5-3-16(4-6-20)27(34)33-12-17-7-18(28)11-30-26(17)31-23-9-22(29)24(10-25(23)33)32-13-21-8-19(32)14-35-21/h7,9-11,15-16,19-21H,3-6,8,12-14H2,1-2H3,(H,30,31)/t16?,19-,20?,21-/m0/s1. The number of carbonyl (C=O) groups is 1. The monoisotopic (exact) mass is 498 g/mol. The van der Waals surface area contributed by atoms with Crippen LogP contribution >= 0.6 is 0 Å². The molecular formula is C27H32F2N4O3. The molecular weight excluding hydrogens is 466 g/mol. The molecule has 4 aliphatic rings. The number of nitrogens with zero attached hydrogens (tertiary/aromatic N) is 3. The number of benzene rings is 1. The number of ether oxygens (including phenoxy) is 2. The van der Waals surface area contributed by atoms with Crippen LogP contribution < -0.4 is 15.1 Å². The highest BCUT2D eigenvalue weighted by atomic mass is 19.1. The predicted molar refractivity (Wildman–Crippen MR) is 133 cm³/mol. The number of halogens is 2. The Morgan fingerprint density at radius 1 is 1.17 bits per heavy atom. The fourth-order valence-electron chi connectivity index (χ4n) is 6.13. The molecule has 1 N–H and O–H groups in total. The average molecular weight is 499 g/mol. The zero-order valence-electron chi connectivity index (χ0n) is 20.7. The first-order chi connectivity index (χ1) is 17.4. The molecule has 2 aromatic rings. The van der Waals surface area contributed by atoms with E-state index in [1.54, 1.807) is 11.0 Å². The van der Waals surface area contributed by atoms with Crippen molar-refractivity contribution in [2.24, 2.45) is 5.92 Å². The first-order valence-electron chi connectivity index (χ1n) is 13.0. The quantitative estimate of drug-likeness (QED) is 0.646. The summed E-state index contributed by atoms with van der Waals surface area (Å²) in [5.41, 5.74) is 2.09. The van der Waals surface area contributed by atoms with E-state index in [9.17, 15) is 9.18 Å². The van der Waals surface area contributed by atoms with Gasteiger partial charge < -0.3 is 24.6 Å². The molecule has 2 atom stereocenters. The molecule has 1 aromatic heterocycles. The number of anilines is 4. The molecule has 4 heterocycles. The molecule has 6 rings (SSSR count). The van der Waals surface area contributed by atoms with Crippen LogP contribution in [0.25, 0.3) is 0 Å². The van der Waals surface area contributed by atoms with Gasteiger partial charge in [0.25, 0.3) is 0 Å². The highest BCUT2D eigenvalue weighted by Crippen LogP contribution is 2.43. The molecule has 1 amide bonds. The van der Waals surface area contributed by atoms with Crippen LogP contribution in [0.2, 0.25) is 0 Å². The molecule has 9 heteroatoms. The normalized spacial score (nSPS) is 27.0. The molecule has 0 spiro atoms. The summed E-state index contributed by atoms with van der Waals surface area (Å²) in [4.78, 5) is 21.9. The Morgan fingerprint density at radius 2 is 1.97 bits per heavy atom. The van der Waals surface area contributed by atoms with Crippen molar-refractivity contribution >= 4 is 28.8 Å². The van der Waals surface area contributed by atoms with Gasteiger partial charge in [-0.25, -0.2) is 13.8 Å². The van der Waals surface area contributed by atoms with E-state index in [1.165, 1.54) is 12.1 Å². The van der Waals surface area contributed by atoms with Crippen molar-refractivity contribution in [1.29, 1.82) is 0 Å². The summed E-state index contributed by atoms with van der Waals surface area (Å²) >= 11 is 0. The van der Waals surface area contributed by atoms with E-state index < -0.39 is 5.82 Å². The first-order valence-corrected chi connectivity index (χ1v) is 13.0. The number of carbonyl (C=O) groups excluding carboxylic acids is 1. The molecule has 192 valence electrons. The smallest absolute Gasteiger partial charge is 0.230 e. The van der Waals surface area contributed by atoms with Crippen LogP contribution in [0.3, 0.4) is 0 Å². The van der Waals surface area contributed by atoms with Gasteiger partial charge in [-0.3, -0.25) is 4.79 Å². The van der Waals surface area contributed by atoms with Gasteiger partial charge >= 0.3 is 0 Å². The van der Waals surface area contributed by atoms with Gasteiger partial charge in [0.2, 0.25) is 5.91 Å². The van der Waals surface area contributed by atoms with E-state index in [4.69, 9.17) is 9.47 Å². The number of hydrogen-bond donors (Lipinski definition) is 1. The second kappa shape index (κ2) is 9.27. The van der Waals surface area contributed by atoms with Crippen molar-refractivity contribution < 1.29 is 23.0 Å². The molecule has 3 aliphatic heterocycles. The topological polar surface area (TPSA) is 66.9 Å². The SMILES string of the molecule is CC(C)OC1CCC(C(=O)N2Cc3cc(F)cnc3Nc3cc(F)c(N4C[C@@H]5C[C@H]4CO5)cc32)CC1. The van der Waals surface area contributed by atoms with Gasteiger partial charge in [-0.15, -0.1) is 0 Å².